The number of benzene rings is 2. The minimum absolute atomic E-state index is 0.00422. The quantitative estimate of drug-likeness (QED) is 0.199. The number of nitro groups is 1. The van der Waals surface area contributed by atoms with Crippen molar-refractivity contribution in [1.29, 1.82) is 0 Å². The molecule has 0 unspecified atom stereocenters. The molecule has 0 aliphatic rings. The van der Waals surface area contributed by atoms with Gasteiger partial charge in [0.1, 0.15) is 0 Å². The van der Waals surface area contributed by atoms with E-state index in [0.29, 0.717) is 5.56 Å². The van der Waals surface area contributed by atoms with Gasteiger partial charge in [-0.3, -0.25) is 10.1 Å². The van der Waals surface area contributed by atoms with Gasteiger partial charge in [0.15, 0.2) is 0 Å². The molecule has 0 atom stereocenters. The maximum atomic E-state index is 10.8. The van der Waals surface area contributed by atoms with Crippen LogP contribution in [0.5, 0.6) is 0 Å². The largest absolute Gasteiger partial charge is 0.337 e. The number of nitro benzene ring substituents is 1. The van der Waals surface area contributed by atoms with E-state index in [1.54, 1.807) is 6.07 Å². The van der Waals surface area contributed by atoms with E-state index in [4.69, 9.17) is 13.8 Å². The van der Waals surface area contributed by atoms with E-state index in [1.165, 1.54) is 18.2 Å². The third-order valence-electron chi connectivity index (χ3n) is 3.13. The standard InChI is InChI=1S/C15H13N5O5S/c1-10-5-7-13(8-6-10)26-25-24-19-17-15-16-14(18-23-15)11-3-2-4-12(9-11)20(21)22/h2-9,19H,1H3,(H,16,17,18). The number of aryl methyl sites for hydroxylation is 1. The minimum Gasteiger partial charge on any atom is -0.314 e. The molecule has 26 heavy (non-hydrogen) atoms. The van der Waals surface area contributed by atoms with Crippen LogP contribution in [0.2, 0.25) is 0 Å². The Morgan fingerprint density at radius 1 is 1.23 bits per heavy atom. The normalized spacial score (nSPS) is 10.7. The van der Waals surface area contributed by atoms with Crippen LogP contribution in [0, 0.1) is 17.0 Å². The number of hydrogen-bond donors (Lipinski definition) is 2. The predicted octanol–water partition coefficient (Wildman–Crippen LogP) is 3.44. The fourth-order valence-electron chi connectivity index (χ4n) is 1.88. The summed E-state index contributed by atoms with van der Waals surface area (Å²) in [5.74, 6) is 0.188. The highest BCUT2D eigenvalue weighted by molar-refractivity contribution is 7.94. The molecule has 11 heteroatoms. The van der Waals surface area contributed by atoms with Crippen molar-refractivity contribution in [2.45, 2.75) is 11.8 Å². The SMILES string of the molecule is Cc1ccc(SOONNc2nc(-c3cccc([N+](=O)[O-])c3)no2)cc1. The van der Waals surface area contributed by atoms with E-state index >= 15 is 0 Å². The Morgan fingerprint density at radius 3 is 2.81 bits per heavy atom. The van der Waals surface area contributed by atoms with Crippen LogP contribution in [-0.4, -0.2) is 15.1 Å². The van der Waals surface area contributed by atoms with Crippen molar-refractivity contribution in [3.63, 3.8) is 0 Å². The smallest absolute Gasteiger partial charge is 0.314 e. The van der Waals surface area contributed by atoms with Crippen LogP contribution >= 0.6 is 12.0 Å². The molecule has 10 nitrogen and oxygen atoms in total. The summed E-state index contributed by atoms with van der Waals surface area (Å²) in [6.45, 7) is 1.99. The Morgan fingerprint density at radius 2 is 2.04 bits per heavy atom. The molecule has 2 N–H and O–H groups in total. The number of aromatic nitrogens is 2. The summed E-state index contributed by atoms with van der Waals surface area (Å²) >= 11 is 1.02. The maximum Gasteiger partial charge on any atom is 0.337 e. The molecule has 0 radical (unpaired) electrons. The van der Waals surface area contributed by atoms with Gasteiger partial charge in [0.25, 0.3) is 5.69 Å². The first-order chi connectivity index (χ1) is 12.6. The molecule has 3 rings (SSSR count). The highest BCUT2D eigenvalue weighted by Crippen LogP contribution is 2.22. The van der Waals surface area contributed by atoms with Crippen molar-refractivity contribution in [2.75, 3.05) is 5.43 Å². The molecule has 0 bridgehead atoms. The summed E-state index contributed by atoms with van der Waals surface area (Å²) in [6.07, 6.45) is 0. The van der Waals surface area contributed by atoms with Crippen LogP contribution in [0.3, 0.4) is 0 Å². The Hall–Kier alpha value is -2.99. The number of rotatable bonds is 8. The first-order valence-corrected chi connectivity index (χ1v) is 8.02. The van der Waals surface area contributed by atoms with Crippen LogP contribution in [0.4, 0.5) is 11.7 Å². The lowest BCUT2D eigenvalue weighted by Gasteiger charge is -2.03. The second-order valence-corrected chi connectivity index (χ2v) is 5.78. The fraction of sp³-hybridized carbons (Fsp3) is 0.0667. The molecule has 0 aliphatic carbocycles. The van der Waals surface area contributed by atoms with Crippen LogP contribution in [0.25, 0.3) is 11.4 Å². The maximum absolute atomic E-state index is 10.8. The Labute approximate surface area is 151 Å². The van der Waals surface area contributed by atoms with Gasteiger partial charge >= 0.3 is 6.01 Å². The van der Waals surface area contributed by atoms with E-state index in [2.05, 4.69) is 21.2 Å². The summed E-state index contributed by atoms with van der Waals surface area (Å²) in [4.78, 5) is 19.9. The van der Waals surface area contributed by atoms with E-state index in [1.807, 2.05) is 31.2 Å². The number of nitrogens with one attached hydrogen (secondary N) is 2. The molecule has 0 saturated heterocycles. The van der Waals surface area contributed by atoms with Crippen molar-refractivity contribution >= 4 is 23.7 Å². The van der Waals surface area contributed by atoms with Gasteiger partial charge in [-0.25, -0.2) is 5.43 Å². The molecule has 0 spiro atoms. The minimum atomic E-state index is -0.499. The average Bonchev–Trinajstić information content (AvgIpc) is 3.12. The number of hydrogen-bond acceptors (Lipinski definition) is 10. The highest BCUT2D eigenvalue weighted by Gasteiger charge is 2.12. The summed E-state index contributed by atoms with van der Waals surface area (Å²) in [5, 5.41) is 14.5. The summed E-state index contributed by atoms with van der Waals surface area (Å²) in [7, 11) is 0. The molecule has 1 aromatic heterocycles. The summed E-state index contributed by atoms with van der Waals surface area (Å²) in [6, 6.07) is 13.6. The van der Waals surface area contributed by atoms with Gasteiger partial charge in [-0.2, -0.15) is 4.98 Å². The first kappa shape index (κ1) is 17.8. The van der Waals surface area contributed by atoms with Crippen molar-refractivity contribution < 1.29 is 18.8 Å². The Balaban J connectivity index is 1.47. The zero-order chi connectivity index (χ0) is 18.4. The number of anilines is 1. The third kappa shape index (κ3) is 4.77. The molecule has 134 valence electrons. The summed E-state index contributed by atoms with van der Waals surface area (Å²) < 4.78 is 9.84. The molecule has 3 aromatic rings. The average molecular weight is 375 g/mol. The molecule has 1 heterocycles. The summed E-state index contributed by atoms with van der Waals surface area (Å²) in [5.41, 5.74) is 6.29. The monoisotopic (exact) mass is 375 g/mol. The van der Waals surface area contributed by atoms with Gasteiger partial charge in [0.05, 0.1) is 17.0 Å². The predicted molar refractivity (Wildman–Crippen MR) is 92.4 cm³/mol. The van der Waals surface area contributed by atoms with Crippen molar-refractivity contribution in [3.05, 3.63) is 64.2 Å². The number of nitrogens with zero attached hydrogens (tertiary/aromatic N) is 3. The van der Waals surface area contributed by atoms with E-state index in [-0.39, 0.29) is 17.5 Å². The van der Waals surface area contributed by atoms with Crippen LogP contribution in [0.15, 0.2) is 57.9 Å². The van der Waals surface area contributed by atoms with Gasteiger partial charge in [-0.15, -0.1) is 9.32 Å². The molecule has 2 aromatic carbocycles. The zero-order valence-electron chi connectivity index (χ0n) is 13.4. The second kappa shape index (κ2) is 8.40. The molecule has 0 aliphatic heterocycles. The number of non-ortho nitro benzene ring substituents is 1. The highest BCUT2D eigenvalue weighted by atomic mass is 32.2. The van der Waals surface area contributed by atoms with Crippen molar-refractivity contribution in [3.8, 4) is 11.4 Å². The zero-order valence-corrected chi connectivity index (χ0v) is 14.2. The molecule has 0 saturated carbocycles. The third-order valence-corrected chi connectivity index (χ3v) is 3.73. The van der Waals surface area contributed by atoms with Gasteiger partial charge < -0.3 is 4.52 Å². The van der Waals surface area contributed by atoms with Gasteiger partial charge in [-0.1, -0.05) is 40.6 Å². The van der Waals surface area contributed by atoms with Crippen molar-refractivity contribution in [2.24, 2.45) is 0 Å². The van der Waals surface area contributed by atoms with Gasteiger partial charge in [-0.05, 0) is 19.1 Å². The van der Waals surface area contributed by atoms with E-state index < -0.39 is 4.92 Å². The molecular weight excluding hydrogens is 362 g/mol. The van der Waals surface area contributed by atoms with E-state index in [9.17, 15) is 10.1 Å². The first-order valence-electron chi connectivity index (χ1n) is 7.28. The second-order valence-electron chi connectivity index (χ2n) is 5.01. The number of hydrazine groups is 1. The van der Waals surface area contributed by atoms with Crippen LogP contribution in [0.1, 0.15) is 5.56 Å². The van der Waals surface area contributed by atoms with Crippen LogP contribution < -0.4 is 11.0 Å². The van der Waals surface area contributed by atoms with E-state index in [0.717, 1.165) is 22.5 Å². The topological polar surface area (TPSA) is 125 Å². The lowest BCUT2D eigenvalue weighted by atomic mass is 10.2. The van der Waals surface area contributed by atoms with Gasteiger partial charge in [0, 0.05) is 22.6 Å². The molecule has 0 amide bonds. The van der Waals surface area contributed by atoms with Gasteiger partial charge in [0.2, 0.25) is 5.82 Å². The molecular formula is C15H13N5O5S. The van der Waals surface area contributed by atoms with Crippen LogP contribution in [-0.2, 0) is 9.32 Å². The Bertz CT molecular complexity index is 886. The lowest BCUT2D eigenvalue weighted by molar-refractivity contribution is -0.384. The Kier molecular flexibility index (Phi) is 5.76. The fourth-order valence-corrected chi connectivity index (χ4v) is 2.28. The lowest BCUT2D eigenvalue weighted by Crippen LogP contribution is -2.21. The van der Waals surface area contributed by atoms with Crippen molar-refractivity contribution in [1.82, 2.24) is 15.7 Å². The molecule has 0 fully saturated rings.